The summed E-state index contributed by atoms with van der Waals surface area (Å²) >= 11 is 0. The van der Waals surface area contributed by atoms with Crippen LogP contribution < -0.4 is 5.73 Å². The van der Waals surface area contributed by atoms with Gasteiger partial charge in [-0.15, -0.1) is 0 Å². The molecule has 0 bridgehead atoms. The van der Waals surface area contributed by atoms with Crippen molar-refractivity contribution in [3.63, 3.8) is 0 Å². The molecule has 0 fully saturated rings. The van der Waals surface area contributed by atoms with Crippen molar-refractivity contribution in [2.24, 2.45) is 0 Å². The highest BCUT2D eigenvalue weighted by atomic mass is 19.1. The predicted octanol–water partition coefficient (Wildman–Crippen LogP) is 3.69. The number of fused-ring (bicyclic) bond motifs is 1. The summed E-state index contributed by atoms with van der Waals surface area (Å²) in [7, 11) is 0. The lowest BCUT2D eigenvalue weighted by Crippen LogP contribution is -2.04. The standard InChI is InChI=1S/C16H12FNO2/c1-9-2-4-13(18)12(6-9)16(19)15-8-10-7-11(17)3-5-14(10)20-15/h2-8H,18H2,1H3. The lowest BCUT2D eigenvalue weighted by atomic mass is 10.0. The van der Waals surface area contributed by atoms with Crippen LogP contribution >= 0.6 is 0 Å². The minimum Gasteiger partial charge on any atom is -0.453 e. The second-order valence-corrected chi connectivity index (χ2v) is 4.71. The molecule has 3 aromatic rings. The second-order valence-electron chi connectivity index (χ2n) is 4.71. The van der Waals surface area contributed by atoms with Crippen molar-refractivity contribution in [2.45, 2.75) is 6.92 Å². The van der Waals surface area contributed by atoms with E-state index in [9.17, 15) is 9.18 Å². The number of hydrogen-bond donors (Lipinski definition) is 1. The molecule has 2 N–H and O–H groups in total. The number of anilines is 1. The first-order valence-corrected chi connectivity index (χ1v) is 6.14. The van der Waals surface area contributed by atoms with Gasteiger partial charge in [0, 0.05) is 16.6 Å². The first-order chi connectivity index (χ1) is 9.54. The van der Waals surface area contributed by atoms with Gasteiger partial charge in [-0.25, -0.2) is 4.39 Å². The molecule has 0 amide bonds. The zero-order valence-corrected chi connectivity index (χ0v) is 10.8. The van der Waals surface area contributed by atoms with Gasteiger partial charge in [0.1, 0.15) is 11.4 Å². The predicted molar refractivity (Wildman–Crippen MR) is 75.2 cm³/mol. The van der Waals surface area contributed by atoms with Crippen molar-refractivity contribution < 1.29 is 13.6 Å². The zero-order valence-electron chi connectivity index (χ0n) is 10.8. The van der Waals surface area contributed by atoms with Crippen LogP contribution in [0.15, 0.2) is 46.9 Å². The summed E-state index contributed by atoms with van der Waals surface area (Å²) in [6.45, 7) is 1.88. The smallest absolute Gasteiger partial charge is 0.230 e. The van der Waals surface area contributed by atoms with E-state index in [1.165, 1.54) is 24.3 Å². The molecule has 4 heteroatoms. The Labute approximate surface area is 114 Å². The number of furan rings is 1. The topological polar surface area (TPSA) is 56.2 Å². The van der Waals surface area contributed by atoms with Crippen LogP contribution in [-0.4, -0.2) is 5.78 Å². The van der Waals surface area contributed by atoms with E-state index in [2.05, 4.69) is 0 Å². The van der Waals surface area contributed by atoms with Crippen molar-refractivity contribution in [1.82, 2.24) is 0 Å². The number of halogens is 1. The van der Waals surface area contributed by atoms with Crippen LogP contribution in [0, 0.1) is 12.7 Å². The average molecular weight is 269 g/mol. The first kappa shape index (κ1) is 12.4. The van der Waals surface area contributed by atoms with Crippen LogP contribution in [0.4, 0.5) is 10.1 Å². The van der Waals surface area contributed by atoms with Gasteiger partial charge >= 0.3 is 0 Å². The minimum absolute atomic E-state index is 0.155. The van der Waals surface area contributed by atoms with Crippen molar-refractivity contribution in [1.29, 1.82) is 0 Å². The highest BCUT2D eigenvalue weighted by Crippen LogP contribution is 2.24. The molecule has 3 rings (SSSR count). The van der Waals surface area contributed by atoms with E-state index in [1.54, 1.807) is 12.1 Å². The monoisotopic (exact) mass is 269 g/mol. The van der Waals surface area contributed by atoms with Gasteiger partial charge in [-0.2, -0.15) is 0 Å². The van der Waals surface area contributed by atoms with Crippen LogP contribution in [0.25, 0.3) is 11.0 Å². The maximum absolute atomic E-state index is 13.1. The number of ketones is 1. The van der Waals surface area contributed by atoms with Gasteiger partial charge in [-0.3, -0.25) is 4.79 Å². The van der Waals surface area contributed by atoms with Crippen molar-refractivity contribution in [3.8, 4) is 0 Å². The summed E-state index contributed by atoms with van der Waals surface area (Å²) in [5.74, 6) is -0.516. The molecule has 0 atom stereocenters. The summed E-state index contributed by atoms with van der Waals surface area (Å²) in [6, 6.07) is 10.9. The average Bonchev–Trinajstić information content (AvgIpc) is 2.83. The maximum atomic E-state index is 13.1. The van der Waals surface area contributed by atoms with E-state index in [0.29, 0.717) is 22.2 Å². The second kappa shape index (κ2) is 4.49. The molecule has 2 aromatic carbocycles. The molecular formula is C16H12FNO2. The molecule has 1 heterocycles. The normalized spacial score (nSPS) is 10.9. The summed E-state index contributed by atoms with van der Waals surface area (Å²) in [4.78, 5) is 12.4. The van der Waals surface area contributed by atoms with Crippen LogP contribution in [0.3, 0.4) is 0 Å². The van der Waals surface area contributed by atoms with E-state index in [-0.39, 0.29) is 17.4 Å². The number of benzene rings is 2. The maximum Gasteiger partial charge on any atom is 0.230 e. The SMILES string of the molecule is Cc1ccc(N)c(C(=O)c2cc3cc(F)ccc3o2)c1. The molecule has 0 saturated carbocycles. The van der Waals surface area contributed by atoms with Gasteiger partial charge in [-0.1, -0.05) is 11.6 Å². The van der Waals surface area contributed by atoms with E-state index in [4.69, 9.17) is 10.2 Å². The Morgan fingerprint density at radius 1 is 1.15 bits per heavy atom. The fraction of sp³-hybridized carbons (Fsp3) is 0.0625. The lowest BCUT2D eigenvalue weighted by molar-refractivity contribution is 0.101. The Morgan fingerprint density at radius 3 is 2.75 bits per heavy atom. The van der Waals surface area contributed by atoms with E-state index < -0.39 is 0 Å². The van der Waals surface area contributed by atoms with E-state index >= 15 is 0 Å². The third kappa shape index (κ3) is 2.05. The molecule has 0 aliphatic carbocycles. The van der Waals surface area contributed by atoms with Gasteiger partial charge in [-0.05, 0) is 43.3 Å². The summed E-state index contributed by atoms with van der Waals surface area (Å²) in [5, 5.41) is 0.555. The zero-order chi connectivity index (χ0) is 14.3. The molecule has 1 aromatic heterocycles. The summed E-state index contributed by atoms with van der Waals surface area (Å²) in [5.41, 5.74) is 8.02. The number of hydrogen-bond acceptors (Lipinski definition) is 3. The Balaban J connectivity index is 2.10. The molecule has 0 unspecified atom stereocenters. The number of rotatable bonds is 2. The molecule has 0 aliphatic heterocycles. The van der Waals surface area contributed by atoms with Crippen LogP contribution in [0.1, 0.15) is 21.7 Å². The molecule has 0 aliphatic rings. The van der Waals surface area contributed by atoms with Gasteiger partial charge in [0.15, 0.2) is 5.76 Å². The Kier molecular flexibility index (Phi) is 2.79. The number of nitrogens with two attached hydrogens (primary N) is 1. The largest absolute Gasteiger partial charge is 0.453 e. The number of carbonyl (C=O) groups excluding carboxylic acids is 1. The van der Waals surface area contributed by atoms with Gasteiger partial charge in [0.2, 0.25) is 5.78 Å². The summed E-state index contributed by atoms with van der Waals surface area (Å²) in [6.07, 6.45) is 0. The molecular weight excluding hydrogens is 257 g/mol. The van der Waals surface area contributed by atoms with Crippen LogP contribution in [0.5, 0.6) is 0 Å². The van der Waals surface area contributed by atoms with Crippen LogP contribution in [-0.2, 0) is 0 Å². The molecule has 0 spiro atoms. The van der Waals surface area contributed by atoms with Gasteiger partial charge in [0.25, 0.3) is 0 Å². The Morgan fingerprint density at radius 2 is 1.95 bits per heavy atom. The van der Waals surface area contributed by atoms with Crippen molar-refractivity contribution >= 4 is 22.4 Å². The van der Waals surface area contributed by atoms with E-state index in [1.807, 2.05) is 13.0 Å². The quantitative estimate of drug-likeness (QED) is 0.570. The minimum atomic E-state index is -0.368. The Bertz CT molecular complexity index is 820. The first-order valence-electron chi connectivity index (χ1n) is 6.14. The molecule has 3 nitrogen and oxygen atoms in total. The number of nitrogen functional groups attached to an aromatic ring is 1. The van der Waals surface area contributed by atoms with Crippen molar-refractivity contribution in [3.05, 3.63) is 65.2 Å². The molecule has 20 heavy (non-hydrogen) atoms. The highest BCUT2D eigenvalue weighted by molar-refractivity contribution is 6.12. The molecule has 100 valence electrons. The molecule has 0 radical (unpaired) electrons. The van der Waals surface area contributed by atoms with Gasteiger partial charge < -0.3 is 10.2 Å². The van der Waals surface area contributed by atoms with Gasteiger partial charge in [0.05, 0.1) is 0 Å². The molecule has 0 saturated heterocycles. The number of aryl methyl sites for hydroxylation is 1. The highest BCUT2D eigenvalue weighted by Gasteiger charge is 2.17. The fourth-order valence-electron chi connectivity index (χ4n) is 2.13. The van der Waals surface area contributed by atoms with Crippen LogP contribution in [0.2, 0.25) is 0 Å². The lowest BCUT2D eigenvalue weighted by Gasteiger charge is -2.03. The third-order valence-corrected chi connectivity index (χ3v) is 3.16. The summed E-state index contributed by atoms with van der Waals surface area (Å²) < 4.78 is 18.6. The fourth-order valence-corrected chi connectivity index (χ4v) is 2.13. The third-order valence-electron chi connectivity index (χ3n) is 3.16. The van der Waals surface area contributed by atoms with Crippen molar-refractivity contribution in [2.75, 3.05) is 5.73 Å². The number of carbonyl (C=O) groups is 1. The van der Waals surface area contributed by atoms with E-state index in [0.717, 1.165) is 5.56 Å². The Hall–Kier alpha value is -2.62.